The highest BCUT2D eigenvalue weighted by atomic mass is 35.5. The number of carbonyl (C=O) groups is 2. The predicted octanol–water partition coefficient (Wildman–Crippen LogP) is 2.88. The van der Waals surface area contributed by atoms with Crippen LogP contribution in [0.4, 0.5) is 10.5 Å². The van der Waals surface area contributed by atoms with Gasteiger partial charge < -0.3 is 15.1 Å². The first-order chi connectivity index (χ1) is 10.5. The highest BCUT2D eigenvalue weighted by Crippen LogP contribution is 2.28. The van der Waals surface area contributed by atoms with E-state index in [0.29, 0.717) is 17.3 Å². The van der Waals surface area contributed by atoms with Gasteiger partial charge in [-0.1, -0.05) is 23.7 Å². The number of urea groups is 1. The molecule has 0 spiro atoms. The molecule has 2 saturated heterocycles. The van der Waals surface area contributed by atoms with E-state index in [9.17, 15) is 9.59 Å². The number of nitrogens with one attached hydrogen (secondary N) is 1. The molecule has 2 aliphatic heterocycles. The van der Waals surface area contributed by atoms with E-state index in [1.165, 1.54) is 0 Å². The van der Waals surface area contributed by atoms with Gasteiger partial charge in [-0.25, -0.2) is 4.79 Å². The van der Waals surface area contributed by atoms with E-state index < -0.39 is 6.04 Å². The Hall–Kier alpha value is -1.75. The molecule has 2 atom stereocenters. The Morgan fingerprint density at radius 2 is 2.18 bits per heavy atom. The van der Waals surface area contributed by atoms with E-state index in [-0.39, 0.29) is 18.0 Å². The van der Waals surface area contributed by atoms with E-state index in [0.717, 1.165) is 24.9 Å². The summed E-state index contributed by atoms with van der Waals surface area (Å²) in [5.74, 6) is 0.0415. The highest BCUT2D eigenvalue weighted by molar-refractivity contribution is 6.33. The number of piperazine rings is 1. The number of amides is 3. The summed E-state index contributed by atoms with van der Waals surface area (Å²) in [6, 6.07) is 4.94. The fourth-order valence-corrected chi connectivity index (χ4v) is 3.57. The van der Waals surface area contributed by atoms with Gasteiger partial charge >= 0.3 is 6.03 Å². The van der Waals surface area contributed by atoms with Crippen LogP contribution in [0.2, 0.25) is 5.02 Å². The first-order valence-corrected chi connectivity index (χ1v) is 8.00. The fraction of sp³-hybridized carbons (Fsp3) is 0.500. The molecule has 1 N–H and O–H groups in total. The van der Waals surface area contributed by atoms with Crippen LogP contribution in [0.1, 0.15) is 25.3 Å². The maximum Gasteiger partial charge on any atom is 0.322 e. The Morgan fingerprint density at radius 3 is 2.91 bits per heavy atom. The van der Waals surface area contributed by atoms with Gasteiger partial charge in [-0.2, -0.15) is 0 Å². The monoisotopic (exact) mass is 321 g/mol. The first kappa shape index (κ1) is 15.2. The second-order valence-electron chi connectivity index (χ2n) is 6.02. The molecule has 3 amide bonds. The standard InChI is InChI=1S/C16H20ClN3O2/c1-10-5-3-7-13(17)14(10)18-16(22)20-9-12-6-4-8-19(12)15(21)11(20)2/h3,5,7,11-12H,4,6,8-9H2,1-2H3,(H,18,22). The van der Waals surface area contributed by atoms with E-state index >= 15 is 0 Å². The van der Waals surface area contributed by atoms with Gasteiger partial charge in [0.15, 0.2) is 0 Å². The van der Waals surface area contributed by atoms with Crippen LogP contribution in [0.25, 0.3) is 0 Å². The van der Waals surface area contributed by atoms with Crippen molar-refractivity contribution in [2.45, 2.75) is 38.8 Å². The van der Waals surface area contributed by atoms with Crippen LogP contribution in [-0.2, 0) is 4.79 Å². The minimum absolute atomic E-state index is 0.0415. The van der Waals surface area contributed by atoms with Crippen molar-refractivity contribution in [1.29, 1.82) is 0 Å². The molecule has 2 unspecified atom stereocenters. The predicted molar refractivity (Wildman–Crippen MR) is 86.1 cm³/mol. The van der Waals surface area contributed by atoms with Crippen molar-refractivity contribution in [3.8, 4) is 0 Å². The average Bonchev–Trinajstić information content (AvgIpc) is 2.95. The van der Waals surface area contributed by atoms with Crippen molar-refractivity contribution in [1.82, 2.24) is 9.80 Å². The molecule has 1 aromatic rings. The van der Waals surface area contributed by atoms with Gasteiger partial charge in [0.05, 0.1) is 10.7 Å². The summed E-state index contributed by atoms with van der Waals surface area (Å²) in [5, 5.41) is 3.37. The van der Waals surface area contributed by atoms with Crippen LogP contribution in [0, 0.1) is 6.92 Å². The molecule has 1 aromatic carbocycles. The second kappa shape index (κ2) is 5.80. The fourth-order valence-electron chi connectivity index (χ4n) is 3.30. The molecule has 0 radical (unpaired) electrons. The molecule has 3 rings (SSSR count). The summed E-state index contributed by atoms with van der Waals surface area (Å²) in [5.41, 5.74) is 1.52. The lowest BCUT2D eigenvalue weighted by Gasteiger charge is -2.41. The third-order valence-electron chi connectivity index (χ3n) is 4.61. The lowest BCUT2D eigenvalue weighted by molar-refractivity contribution is -0.140. The Bertz CT molecular complexity index is 599. The third kappa shape index (κ3) is 2.54. The number of para-hydroxylation sites is 1. The number of benzene rings is 1. The van der Waals surface area contributed by atoms with Crippen LogP contribution in [0.5, 0.6) is 0 Å². The molecule has 22 heavy (non-hydrogen) atoms. The molecule has 118 valence electrons. The molecular weight excluding hydrogens is 302 g/mol. The molecule has 2 fully saturated rings. The quantitative estimate of drug-likeness (QED) is 0.864. The first-order valence-electron chi connectivity index (χ1n) is 7.62. The lowest BCUT2D eigenvalue weighted by atomic mass is 10.1. The van der Waals surface area contributed by atoms with Gasteiger partial charge in [0, 0.05) is 19.1 Å². The van der Waals surface area contributed by atoms with Gasteiger partial charge in [0.2, 0.25) is 5.91 Å². The number of aryl methyl sites for hydroxylation is 1. The number of hydrogen-bond donors (Lipinski definition) is 1. The Labute approximate surface area is 135 Å². The van der Waals surface area contributed by atoms with Crippen molar-refractivity contribution in [3.05, 3.63) is 28.8 Å². The molecular formula is C16H20ClN3O2. The summed E-state index contributed by atoms with van der Waals surface area (Å²) in [6.45, 7) is 5.08. The van der Waals surface area contributed by atoms with Gasteiger partial charge in [0.25, 0.3) is 0 Å². The molecule has 0 aliphatic carbocycles. The molecule has 0 saturated carbocycles. The van der Waals surface area contributed by atoms with Crippen molar-refractivity contribution >= 4 is 29.2 Å². The largest absolute Gasteiger partial charge is 0.336 e. The van der Waals surface area contributed by atoms with Crippen LogP contribution < -0.4 is 5.32 Å². The number of carbonyl (C=O) groups excluding carboxylic acids is 2. The second-order valence-corrected chi connectivity index (χ2v) is 6.43. The van der Waals surface area contributed by atoms with E-state index in [4.69, 9.17) is 11.6 Å². The summed E-state index contributed by atoms with van der Waals surface area (Å²) in [6.07, 6.45) is 1.98. The minimum Gasteiger partial charge on any atom is -0.336 e. The number of nitrogens with zero attached hydrogens (tertiary/aromatic N) is 2. The van der Waals surface area contributed by atoms with E-state index in [1.807, 2.05) is 24.0 Å². The smallest absolute Gasteiger partial charge is 0.322 e. The van der Waals surface area contributed by atoms with Crippen LogP contribution in [-0.4, -0.2) is 46.9 Å². The maximum absolute atomic E-state index is 12.6. The Morgan fingerprint density at radius 1 is 1.41 bits per heavy atom. The van der Waals surface area contributed by atoms with Gasteiger partial charge in [0.1, 0.15) is 6.04 Å². The van der Waals surface area contributed by atoms with Crippen molar-refractivity contribution < 1.29 is 9.59 Å². The van der Waals surface area contributed by atoms with Gasteiger partial charge in [-0.3, -0.25) is 4.79 Å². The summed E-state index contributed by atoms with van der Waals surface area (Å²) >= 11 is 6.16. The lowest BCUT2D eigenvalue weighted by Crippen LogP contribution is -2.60. The topological polar surface area (TPSA) is 52.7 Å². The Kier molecular flexibility index (Phi) is 4.00. The molecule has 6 heteroatoms. The normalized spacial score (nSPS) is 24.4. The third-order valence-corrected chi connectivity index (χ3v) is 4.92. The Balaban J connectivity index is 1.78. The number of fused-ring (bicyclic) bond motifs is 1. The molecule has 0 bridgehead atoms. The van der Waals surface area contributed by atoms with E-state index in [2.05, 4.69) is 5.32 Å². The molecule has 2 heterocycles. The number of anilines is 1. The summed E-state index contributed by atoms with van der Waals surface area (Å²) in [4.78, 5) is 28.5. The van der Waals surface area contributed by atoms with Crippen molar-refractivity contribution in [3.63, 3.8) is 0 Å². The van der Waals surface area contributed by atoms with E-state index in [1.54, 1.807) is 17.9 Å². The van der Waals surface area contributed by atoms with Crippen LogP contribution >= 0.6 is 11.6 Å². The zero-order chi connectivity index (χ0) is 15.9. The van der Waals surface area contributed by atoms with Gasteiger partial charge in [-0.05, 0) is 38.3 Å². The zero-order valence-corrected chi connectivity index (χ0v) is 13.6. The summed E-state index contributed by atoms with van der Waals surface area (Å²) in [7, 11) is 0. The van der Waals surface area contributed by atoms with Crippen molar-refractivity contribution in [2.24, 2.45) is 0 Å². The molecule has 5 nitrogen and oxygen atoms in total. The zero-order valence-electron chi connectivity index (χ0n) is 12.8. The van der Waals surface area contributed by atoms with Gasteiger partial charge in [-0.15, -0.1) is 0 Å². The number of rotatable bonds is 1. The number of halogens is 1. The summed E-state index contributed by atoms with van der Waals surface area (Å²) < 4.78 is 0. The molecule has 2 aliphatic rings. The van der Waals surface area contributed by atoms with Crippen LogP contribution in [0.15, 0.2) is 18.2 Å². The maximum atomic E-state index is 12.6. The van der Waals surface area contributed by atoms with Crippen molar-refractivity contribution in [2.75, 3.05) is 18.4 Å². The number of hydrogen-bond acceptors (Lipinski definition) is 2. The van der Waals surface area contributed by atoms with Crippen LogP contribution in [0.3, 0.4) is 0 Å². The highest BCUT2D eigenvalue weighted by Gasteiger charge is 2.42. The average molecular weight is 322 g/mol. The minimum atomic E-state index is -0.433. The SMILES string of the molecule is Cc1cccc(Cl)c1NC(=O)N1CC2CCCN2C(=O)C1C. The molecule has 0 aromatic heterocycles.